The highest BCUT2D eigenvalue weighted by Gasteiger charge is 2.18. The summed E-state index contributed by atoms with van der Waals surface area (Å²) >= 11 is 0. The van der Waals surface area contributed by atoms with Crippen LogP contribution in [0.25, 0.3) is 0 Å². The minimum atomic E-state index is 0.666. The molecule has 0 saturated heterocycles. The Kier molecular flexibility index (Phi) is 1.18. The fraction of sp³-hybridized carbons (Fsp3) is 0.444. The fourth-order valence-corrected chi connectivity index (χ4v) is 1.52. The Morgan fingerprint density at radius 1 is 1.56 bits per heavy atom. The summed E-state index contributed by atoms with van der Waals surface area (Å²) in [6.07, 6.45) is 13.8. The topological polar surface area (TPSA) is 0 Å². The van der Waals surface area contributed by atoms with Crippen molar-refractivity contribution in [1.29, 1.82) is 0 Å². The summed E-state index contributed by atoms with van der Waals surface area (Å²) in [5, 5.41) is 0. The van der Waals surface area contributed by atoms with Crippen molar-refractivity contribution in [3.05, 3.63) is 30.2 Å². The summed E-state index contributed by atoms with van der Waals surface area (Å²) in [6.45, 7) is 0. The van der Waals surface area contributed by atoms with Crippen LogP contribution in [0, 0.1) is 12.3 Å². The molecule has 2 aliphatic rings. The van der Waals surface area contributed by atoms with E-state index in [2.05, 4.69) is 24.6 Å². The lowest BCUT2D eigenvalue weighted by molar-refractivity contribution is 0.599. The molecular weight excluding hydrogens is 108 g/mol. The Balaban J connectivity index is 2.23. The average molecular weight is 118 g/mol. The van der Waals surface area contributed by atoms with Crippen molar-refractivity contribution in [2.24, 2.45) is 5.92 Å². The maximum Gasteiger partial charge on any atom is 0.0165 e. The summed E-state index contributed by atoms with van der Waals surface area (Å²) < 4.78 is 0. The van der Waals surface area contributed by atoms with E-state index in [4.69, 9.17) is 0 Å². The second-order valence-corrected chi connectivity index (χ2v) is 2.69. The fourth-order valence-electron chi connectivity index (χ4n) is 1.52. The van der Waals surface area contributed by atoms with Crippen molar-refractivity contribution in [1.82, 2.24) is 0 Å². The van der Waals surface area contributed by atoms with Crippen LogP contribution >= 0.6 is 0 Å². The van der Waals surface area contributed by atoms with Gasteiger partial charge in [-0.15, -0.1) is 0 Å². The molecule has 0 saturated carbocycles. The molecule has 0 N–H and O–H groups in total. The van der Waals surface area contributed by atoms with Gasteiger partial charge >= 0.3 is 0 Å². The molecule has 0 spiro atoms. The van der Waals surface area contributed by atoms with Gasteiger partial charge in [-0.3, -0.25) is 0 Å². The van der Waals surface area contributed by atoms with Gasteiger partial charge in [0, 0.05) is 6.42 Å². The van der Waals surface area contributed by atoms with Crippen LogP contribution in [0.5, 0.6) is 0 Å². The number of hydrogen-bond donors (Lipinski definition) is 0. The Morgan fingerprint density at radius 2 is 2.56 bits per heavy atom. The first kappa shape index (κ1) is 5.28. The molecule has 46 valence electrons. The highest BCUT2D eigenvalue weighted by atomic mass is 14.2. The Morgan fingerprint density at radius 3 is 3.44 bits per heavy atom. The zero-order valence-electron chi connectivity index (χ0n) is 5.43. The molecule has 2 rings (SSSR count). The van der Waals surface area contributed by atoms with Gasteiger partial charge in [-0.2, -0.15) is 0 Å². The minimum absolute atomic E-state index is 0.666. The van der Waals surface area contributed by atoms with Gasteiger partial charge in [-0.1, -0.05) is 18.2 Å². The smallest absolute Gasteiger partial charge is 0.0165 e. The second-order valence-electron chi connectivity index (χ2n) is 2.69. The monoisotopic (exact) mass is 118 g/mol. The third-order valence-corrected chi connectivity index (χ3v) is 2.05. The summed E-state index contributed by atoms with van der Waals surface area (Å²) in [5.74, 6) is 0.666. The molecule has 0 nitrogen and oxygen atoms in total. The second kappa shape index (κ2) is 2.02. The molecule has 0 heterocycles. The van der Waals surface area contributed by atoms with Crippen molar-refractivity contribution in [3.63, 3.8) is 0 Å². The summed E-state index contributed by atoms with van der Waals surface area (Å²) in [4.78, 5) is 0. The largest absolute Gasteiger partial charge is 0.0810 e. The van der Waals surface area contributed by atoms with E-state index in [1.54, 1.807) is 0 Å². The van der Waals surface area contributed by atoms with Gasteiger partial charge in [0.15, 0.2) is 0 Å². The van der Waals surface area contributed by atoms with E-state index < -0.39 is 0 Å². The molecule has 0 fully saturated rings. The van der Waals surface area contributed by atoms with Gasteiger partial charge < -0.3 is 0 Å². The van der Waals surface area contributed by atoms with E-state index in [0.717, 1.165) is 0 Å². The van der Waals surface area contributed by atoms with Gasteiger partial charge in [-0.25, -0.2) is 0 Å². The van der Waals surface area contributed by atoms with E-state index in [0.29, 0.717) is 5.92 Å². The molecule has 2 aliphatic carbocycles. The van der Waals surface area contributed by atoms with Crippen molar-refractivity contribution in [2.45, 2.75) is 19.3 Å². The quantitative estimate of drug-likeness (QED) is 0.458. The van der Waals surface area contributed by atoms with Crippen LogP contribution in [0.15, 0.2) is 23.8 Å². The van der Waals surface area contributed by atoms with Gasteiger partial charge in [0.25, 0.3) is 0 Å². The van der Waals surface area contributed by atoms with Gasteiger partial charge in [0.2, 0.25) is 0 Å². The molecule has 2 radical (unpaired) electrons. The van der Waals surface area contributed by atoms with Crippen LogP contribution in [-0.4, -0.2) is 0 Å². The standard InChI is InChI=1S/C9H10/c1-2-5-9-7-3-6-8(9)4-1/h3-4,6,9H,1-2,5H2. The van der Waals surface area contributed by atoms with Crippen LogP contribution < -0.4 is 0 Å². The molecular formula is C9H10. The third-order valence-electron chi connectivity index (χ3n) is 2.05. The van der Waals surface area contributed by atoms with Gasteiger partial charge in [0.1, 0.15) is 0 Å². The van der Waals surface area contributed by atoms with Crippen molar-refractivity contribution in [2.75, 3.05) is 0 Å². The normalized spacial score (nSPS) is 32.0. The van der Waals surface area contributed by atoms with E-state index in [-0.39, 0.29) is 0 Å². The molecule has 0 heteroatoms. The predicted molar refractivity (Wildman–Crippen MR) is 37.8 cm³/mol. The van der Waals surface area contributed by atoms with E-state index >= 15 is 0 Å². The lowest BCUT2D eigenvalue weighted by atomic mass is 9.90. The lowest BCUT2D eigenvalue weighted by Crippen LogP contribution is -2.01. The zero-order valence-corrected chi connectivity index (χ0v) is 5.43. The van der Waals surface area contributed by atoms with Crippen molar-refractivity contribution < 1.29 is 0 Å². The molecule has 0 amide bonds. The zero-order chi connectivity index (χ0) is 6.10. The maximum absolute atomic E-state index is 3.31. The minimum Gasteiger partial charge on any atom is -0.0810 e. The highest BCUT2D eigenvalue weighted by Crippen LogP contribution is 2.32. The molecule has 0 aromatic carbocycles. The van der Waals surface area contributed by atoms with Gasteiger partial charge in [0.05, 0.1) is 0 Å². The third kappa shape index (κ3) is 0.827. The first-order valence-electron chi connectivity index (χ1n) is 3.59. The predicted octanol–water partition coefficient (Wildman–Crippen LogP) is 2.36. The molecule has 0 aromatic rings. The van der Waals surface area contributed by atoms with Crippen LogP contribution in [0.4, 0.5) is 0 Å². The van der Waals surface area contributed by atoms with E-state index in [9.17, 15) is 0 Å². The van der Waals surface area contributed by atoms with Crippen LogP contribution in [-0.2, 0) is 0 Å². The molecule has 0 aliphatic heterocycles. The van der Waals surface area contributed by atoms with Crippen molar-refractivity contribution in [3.8, 4) is 0 Å². The number of fused-ring (bicyclic) bond motifs is 1. The summed E-state index contributed by atoms with van der Waals surface area (Å²) in [7, 11) is 0. The van der Waals surface area contributed by atoms with E-state index in [1.165, 1.54) is 24.8 Å². The van der Waals surface area contributed by atoms with Crippen LogP contribution in [0.1, 0.15) is 19.3 Å². The molecule has 1 atom stereocenters. The summed E-state index contributed by atoms with van der Waals surface area (Å²) in [5.41, 5.74) is 1.50. The Hall–Kier alpha value is -0.520. The number of hydrogen-bond acceptors (Lipinski definition) is 0. The first-order valence-corrected chi connectivity index (χ1v) is 3.59. The lowest BCUT2D eigenvalue weighted by Gasteiger charge is -2.15. The molecule has 1 unspecified atom stereocenters. The number of rotatable bonds is 0. The van der Waals surface area contributed by atoms with Crippen molar-refractivity contribution >= 4 is 0 Å². The molecule has 0 aromatic heterocycles. The highest BCUT2D eigenvalue weighted by molar-refractivity contribution is 5.35. The van der Waals surface area contributed by atoms with Crippen LogP contribution in [0.2, 0.25) is 0 Å². The Bertz CT molecular complexity index is 163. The van der Waals surface area contributed by atoms with Crippen LogP contribution in [0.3, 0.4) is 0 Å². The molecule has 9 heavy (non-hydrogen) atoms. The van der Waals surface area contributed by atoms with Gasteiger partial charge in [-0.05, 0) is 30.8 Å². The first-order chi connectivity index (χ1) is 4.47. The SMILES string of the molecule is [C]1C=CC2=CCCCC12. The maximum atomic E-state index is 3.31. The average Bonchev–Trinajstić information content (AvgIpc) is 2.33. The Labute approximate surface area is 56.3 Å². The molecule has 0 bridgehead atoms. The number of allylic oxidation sites excluding steroid dienone is 4. The van der Waals surface area contributed by atoms with E-state index in [1.807, 2.05) is 0 Å². The summed E-state index contributed by atoms with van der Waals surface area (Å²) in [6, 6.07) is 0.